The van der Waals surface area contributed by atoms with Crippen LogP contribution in [0.4, 0.5) is 0 Å². The van der Waals surface area contributed by atoms with Gasteiger partial charge in [-0.05, 0) is 34.7 Å². The van der Waals surface area contributed by atoms with Crippen LogP contribution in [0.5, 0.6) is 5.06 Å². The lowest BCUT2D eigenvalue weighted by Gasteiger charge is -2.07. The Kier molecular flexibility index (Phi) is 5.18. The summed E-state index contributed by atoms with van der Waals surface area (Å²) in [5.74, 6) is 0. The Morgan fingerprint density at radius 1 is 1.00 bits per heavy atom. The molecule has 112 valence electrons. The Morgan fingerprint density at radius 2 is 1.91 bits per heavy atom. The van der Waals surface area contributed by atoms with Gasteiger partial charge in [0.1, 0.15) is 6.61 Å². The first-order valence-corrected chi connectivity index (χ1v) is 8.16. The molecular formula is C18H18N2OS. The molecule has 0 aliphatic rings. The Balaban J connectivity index is 1.48. The van der Waals surface area contributed by atoms with E-state index in [1.54, 1.807) is 11.3 Å². The average Bonchev–Trinajstić information content (AvgIpc) is 3.09. The number of aromatic nitrogens is 1. The van der Waals surface area contributed by atoms with E-state index >= 15 is 0 Å². The normalized spacial score (nSPS) is 10.5. The zero-order valence-electron chi connectivity index (χ0n) is 12.2. The molecule has 3 aromatic rings. The third-order valence-corrected chi connectivity index (χ3v) is 4.03. The molecule has 0 aliphatic carbocycles. The monoisotopic (exact) mass is 310 g/mol. The van der Waals surface area contributed by atoms with E-state index in [0.717, 1.165) is 23.7 Å². The second-order valence-corrected chi connectivity index (χ2v) is 5.82. The summed E-state index contributed by atoms with van der Waals surface area (Å²) in [6, 6.07) is 16.5. The Hall–Kier alpha value is -2.17. The van der Waals surface area contributed by atoms with Crippen molar-refractivity contribution in [2.45, 2.75) is 6.54 Å². The highest BCUT2D eigenvalue weighted by Crippen LogP contribution is 2.19. The molecule has 0 spiro atoms. The summed E-state index contributed by atoms with van der Waals surface area (Å²) in [7, 11) is 0. The first-order chi connectivity index (χ1) is 10.9. The highest BCUT2D eigenvalue weighted by Gasteiger charge is 2.00. The van der Waals surface area contributed by atoms with Crippen LogP contribution in [0.1, 0.15) is 5.56 Å². The van der Waals surface area contributed by atoms with E-state index in [9.17, 15) is 0 Å². The number of hydrogen-bond donors (Lipinski definition) is 1. The number of nitrogens with one attached hydrogen (secondary N) is 1. The first-order valence-electron chi connectivity index (χ1n) is 7.28. The van der Waals surface area contributed by atoms with Crippen molar-refractivity contribution in [2.24, 2.45) is 0 Å². The van der Waals surface area contributed by atoms with Gasteiger partial charge in [-0.15, -0.1) is 11.3 Å². The van der Waals surface area contributed by atoms with E-state index in [2.05, 4.69) is 28.5 Å². The molecule has 0 saturated carbocycles. The van der Waals surface area contributed by atoms with Gasteiger partial charge >= 0.3 is 0 Å². The van der Waals surface area contributed by atoms with Gasteiger partial charge in [0.2, 0.25) is 0 Å². The summed E-state index contributed by atoms with van der Waals surface area (Å²) in [6.07, 6.45) is 3.80. The van der Waals surface area contributed by atoms with Crippen LogP contribution in [-0.4, -0.2) is 18.1 Å². The Labute approximate surface area is 134 Å². The average molecular weight is 310 g/mol. The van der Waals surface area contributed by atoms with Crippen LogP contribution in [0, 0.1) is 0 Å². The molecule has 22 heavy (non-hydrogen) atoms. The van der Waals surface area contributed by atoms with Gasteiger partial charge in [0.05, 0.1) is 0 Å². The van der Waals surface area contributed by atoms with E-state index in [4.69, 9.17) is 4.74 Å². The van der Waals surface area contributed by atoms with Crippen molar-refractivity contribution in [1.29, 1.82) is 0 Å². The van der Waals surface area contributed by atoms with Crippen LogP contribution >= 0.6 is 11.3 Å². The van der Waals surface area contributed by atoms with Gasteiger partial charge in [0.25, 0.3) is 0 Å². The molecule has 0 unspecified atom stereocenters. The maximum atomic E-state index is 5.62. The van der Waals surface area contributed by atoms with Crippen molar-refractivity contribution in [3.63, 3.8) is 0 Å². The topological polar surface area (TPSA) is 34.2 Å². The van der Waals surface area contributed by atoms with E-state index in [1.165, 1.54) is 11.1 Å². The van der Waals surface area contributed by atoms with Crippen LogP contribution in [0.3, 0.4) is 0 Å². The van der Waals surface area contributed by atoms with Crippen LogP contribution in [0.15, 0.2) is 66.3 Å². The number of hydrogen-bond acceptors (Lipinski definition) is 4. The SMILES string of the molecule is c1ccc(-c2cncc(CNCCOc3cccs3)c2)cc1. The molecule has 4 heteroatoms. The van der Waals surface area contributed by atoms with Gasteiger partial charge in [-0.3, -0.25) is 4.98 Å². The summed E-state index contributed by atoms with van der Waals surface area (Å²) in [4.78, 5) is 4.33. The first kappa shape index (κ1) is 14.8. The fourth-order valence-corrected chi connectivity index (χ4v) is 2.77. The molecule has 2 heterocycles. The lowest BCUT2D eigenvalue weighted by molar-refractivity contribution is 0.322. The molecule has 3 rings (SSSR count). The molecule has 3 nitrogen and oxygen atoms in total. The Bertz CT molecular complexity index is 683. The van der Waals surface area contributed by atoms with Crippen molar-refractivity contribution >= 4 is 11.3 Å². The Morgan fingerprint density at radius 3 is 2.73 bits per heavy atom. The molecule has 0 fully saturated rings. The number of benzene rings is 1. The zero-order chi connectivity index (χ0) is 15.0. The van der Waals surface area contributed by atoms with Crippen molar-refractivity contribution in [3.8, 4) is 16.2 Å². The summed E-state index contributed by atoms with van der Waals surface area (Å²) in [6.45, 7) is 2.28. The number of ether oxygens (including phenoxy) is 1. The minimum Gasteiger partial charge on any atom is -0.483 e. The standard InChI is InChI=1S/C18H18N2OS/c1-2-5-16(6-3-1)17-11-15(13-20-14-17)12-19-8-9-21-18-7-4-10-22-18/h1-7,10-11,13-14,19H,8-9,12H2. The second kappa shape index (κ2) is 7.73. The van der Waals surface area contributed by atoms with E-state index in [1.807, 2.05) is 48.1 Å². The van der Waals surface area contributed by atoms with Crippen molar-refractivity contribution < 1.29 is 4.74 Å². The maximum Gasteiger partial charge on any atom is 0.173 e. The molecule has 0 aliphatic heterocycles. The number of rotatable bonds is 7. The van der Waals surface area contributed by atoms with Crippen LogP contribution in [-0.2, 0) is 6.54 Å². The largest absolute Gasteiger partial charge is 0.483 e. The predicted molar refractivity (Wildman–Crippen MR) is 91.2 cm³/mol. The molecule has 2 aromatic heterocycles. The summed E-state index contributed by atoms with van der Waals surface area (Å²) in [5, 5.41) is 6.37. The van der Waals surface area contributed by atoms with Crippen molar-refractivity contribution in [2.75, 3.05) is 13.2 Å². The third kappa shape index (κ3) is 4.16. The molecule has 1 aromatic carbocycles. The molecular weight excluding hydrogens is 292 g/mol. The molecule has 0 atom stereocenters. The quantitative estimate of drug-likeness (QED) is 0.670. The summed E-state index contributed by atoms with van der Waals surface area (Å²) in [5.41, 5.74) is 3.52. The van der Waals surface area contributed by atoms with E-state index < -0.39 is 0 Å². The predicted octanol–water partition coefficient (Wildman–Crippen LogP) is 3.98. The molecule has 1 N–H and O–H groups in total. The lowest BCUT2D eigenvalue weighted by Crippen LogP contribution is -2.20. The highest BCUT2D eigenvalue weighted by atomic mass is 32.1. The van der Waals surface area contributed by atoms with Gasteiger partial charge < -0.3 is 10.1 Å². The number of nitrogens with zero attached hydrogens (tertiary/aromatic N) is 1. The molecule has 0 amide bonds. The van der Waals surface area contributed by atoms with Gasteiger partial charge in [-0.2, -0.15) is 0 Å². The van der Waals surface area contributed by atoms with Crippen molar-refractivity contribution in [3.05, 3.63) is 71.9 Å². The van der Waals surface area contributed by atoms with Gasteiger partial charge in [-0.1, -0.05) is 30.3 Å². The van der Waals surface area contributed by atoms with Crippen LogP contribution in [0.25, 0.3) is 11.1 Å². The van der Waals surface area contributed by atoms with Gasteiger partial charge in [0.15, 0.2) is 5.06 Å². The zero-order valence-corrected chi connectivity index (χ0v) is 13.1. The highest BCUT2D eigenvalue weighted by molar-refractivity contribution is 7.11. The maximum absolute atomic E-state index is 5.62. The fourth-order valence-electron chi connectivity index (χ4n) is 2.17. The van der Waals surface area contributed by atoms with E-state index in [0.29, 0.717) is 6.61 Å². The third-order valence-electron chi connectivity index (χ3n) is 3.25. The fraction of sp³-hybridized carbons (Fsp3) is 0.167. The van der Waals surface area contributed by atoms with Crippen molar-refractivity contribution in [1.82, 2.24) is 10.3 Å². The summed E-state index contributed by atoms with van der Waals surface area (Å²) < 4.78 is 5.62. The van der Waals surface area contributed by atoms with E-state index in [-0.39, 0.29) is 0 Å². The minimum absolute atomic E-state index is 0.673. The molecule has 0 radical (unpaired) electrons. The van der Waals surface area contributed by atoms with Gasteiger partial charge in [0, 0.05) is 31.0 Å². The smallest absolute Gasteiger partial charge is 0.173 e. The number of thiophene rings is 1. The van der Waals surface area contributed by atoms with Crippen LogP contribution < -0.4 is 10.1 Å². The molecule has 0 saturated heterocycles. The van der Waals surface area contributed by atoms with Crippen LogP contribution in [0.2, 0.25) is 0 Å². The lowest BCUT2D eigenvalue weighted by atomic mass is 10.1. The van der Waals surface area contributed by atoms with Gasteiger partial charge in [-0.25, -0.2) is 0 Å². The minimum atomic E-state index is 0.673. The molecule has 0 bridgehead atoms. The number of pyridine rings is 1. The second-order valence-electron chi connectivity index (χ2n) is 4.91. The summed E-state index contributed by atoms with van der Waals surface area (Å²) >= 11 is 1.62.